The highest BCUT2D eigenvalue weighted by Gasteiger charge is 2.26. The van der Waals surface area contributed by atoms with Crippen molar-refractivity contribution in [1.82, 2.24) is 14.8 Å². The molecule has 1 unspecified atom stereocenters. The Kier molecular flexibility index (Phi) is 7.15. The lowest BCUT2D eigenvalue weighted by Gasteiger charge is -2.34. The summed E-state index contributed by atoms with van der Waals surface area (Å²) in [4.78, 5) is 21.3. The molecule has 1 aliphatic rings. The first-order chi connectivity index (χ1) is 15.6. The van der Waals surface area contributed by atoms with Gasteiger partial charge in [-0.1, -0.05) is 44.2 Å². The minimum atomic E-state index is 0.00300. The number of fused-ring (bicyclic) bond motifs is 1. The van der Waals surface area contributed by atoms with Crippen LogP contribution in [0.1, 0.15) is 49.8 Å². The topological polar surface area (TPSA) is 48.6 Å². The molecule has 1 aliphatic heterocycles. The largest absolute Gasteiger partial charge is 0.494 e. The number of piperazine rings is 1. The van der Waals surface area contributed by atoms with Crippen LogP contribution in [0.4, 0.5) is 0 Å². The average Bonchev–Trinajstić information content (AvgIpc) is 3.27. The van der Waals surface area contributed by atoms with E-state index < -0.39 is 0 Å². The predicted octanol–water partition coefficient (Wildman–Crippen LogP) is 4.82. The number of para-hydroxylation sites is 1. The molecule has 5 nitrogen and oxygen atoms in total. The Morgan fingerprint density at radius 1 is 1.03 bits per heavy atom. The van der Waals surface area contributed by atoms with Crippen LogP contribution in [-0.4, -0.2) is 60.0 Å². The molecule has 0 saturated carbocycles. The Labute approximate surface area is 191 Å². The molecule has 0 aliphatic carbocycles. The van der Waals surface area contributed by atoms with Crippen molar-refractivity contribution >= 4 is 16.8 Å². The van der Waals surface area contributed by atoms with Gasteiger partial charge in [-0.25, -0.2) is 0 Å². The smallest absolute Gasteiger partial charge is 0.223 e. The van der Waals surface area contributed by atoms with E-state index in [1.165, 1.54) is 22.0 Å². The predicted molar refractivity (Wildman–Crippen MR) is 130 cm³/mol. The van der Waals surface area contributed by atoms with Crippen LogP contribution < -0.4 is 4.74 Å². The number of hydrogen-bond acceptors (Lipinski definition) is 3. The van der Waals surface area contributed by atoms with Gasteiger partial charge in [0, 0.05) is 55.6 Å². The molecule has 32 heavy (non-hydrogen) atoms. The van der Waals surface area contributed by atoms with Gasteiger partial charge in [0.05, 0.1) is 6.61 Å². The van der Waals surface area contributed by atoms with Gasteiger partial charge in [0.2, 0.25) is 5.91 Å². The molecule has 1 N–H and O–H groups in total. The SMILES string of the molecule is CCOc1ccc(C(CC(=O)N2CCN(CC)CC2)c2c[nH]c3c(CC)cccc23)cc1. The zero-order chi connectivity index (χ0) is 22.5. The second kappa shape index (κ2) is 10.2. The highest BCUT2D eigenvalue weighted by Crippen LogP contribution is 2.35. The summed E-state index contributed by atoms with van der Waals surface area (Å²) in [5, 5.41) is 1.21. The van der Waals surface area contributed by atoms with E-state index in [1.54, 1.807) is 0 Å². The molecule has 1 atom stereocenters. The fourth-order valence-electron chi connectivity index (χ4n) is 4.81. The number of ether oxygens (including phenoxy) is 1. The van der Waals surface area contributed by atoms with Gasteiger partial charge in [0.15, 0.2) is 0 Å². The highest BCUT2D eigenvalue weighted by molar-refractivity contribution is 5.88. The molecule has 2 aromatic carbocycles. The van der Waals surface area contributed by atoms with E-state index in [9.17, 15) is 4.79 Å². The number of aromatic nitrogens is 1. The summed E-state index contributed by atoms with van der Waals surface area (Å²) in [7, 11) is 0. The summed E-state index contributed by atoms with van der Waals surface area (Å²) in [5.41, 5.74) is 4.84. The fourth-order valence-corrected chi connectivity index (χ4v) is 4.81. The van der Waals surface area contributed by atoms with E-state index in [0.29, 0.717) is 13.0 Å². The molecule has 1 aromatic heterocycles. The van der Waals surface area contributed by atoms with Crippen molar-refractivity contribution in [3.63, 3.8) is 0 Å². The number of aromatic amines is 1. The van der Waals surface area contributed by atoms with E-state index in [0.717, 1.165) is 50.5 Å². The molecular formula is C27H35N3O2. The number of benzene rings is 2. The maximum absolute atomic E-state index is 13.4. The molecule has 1 saturated heterocycles. The van der Waals surface area contributed by atoms with Gasteiger partial charge in [-0.15, -0.1) is 0 Å². The van der Waals surface area contributed by atoms with Crippen LogP contribution in [0.2, 0.25) is 0 Å². The summed E-state index contributed by atoms with van der Waals surface area (Å²) in [5.74, 6) is 1.10. The van der Waals surface area contributed by atoms with Crippen LogP contribution in [0.3, 0.4) is 0 Å². The first-order valence-corrected chi connectivity index (χ1v) is 12.0. The zero-order valence-electron chi connectivity index (χ0n) is 19.6. The monoisotopic (exact) mass is 433 g/mol. The lowest BCUT2D eigenvalue weighted by molar-refractivity contribution is -0.133. The molecule has 5 heteroatoms. The van der Waals surface area contributed by atoms with Gasteiger partial charge in [-0.3, -0.25) is 4.79 Å². The number of aryl methyl sites for hydroxylation is 1. The molecule has 1 fully saturated rings. The Bertz CT molecular complexity index is 1030. The third-order valence-corrected chi connectivity index (χ3v) is 6.73. The van der Waals surface area contributed by atoms with E-state index in [4.69, 9.17) is 4.74 Å². The number of nitrogens with one attached hydrogen (secondary N) is 1. The summed E-state index contributed by atoms with van der Waals surface area (Å²) in [6.45, 7) is 11.6. The second-order valence-electron chi connectivity index (χ2n) is 8.51. The van der Waals surface area contributed by atoms with Gasteiger partial charge in [0.1, 0.15) is 5.75 Å². The molecule has 0 bridgehead atoms. The maximum Gasteiger partial charge on any atom is 0.223 e. The van der Waals surface area contributed by atoms with Gasteiger partial charge < -0.3 is 19.5 Å². The summed E-state index contributed by atoms with van der Waals surface area (Å²) in [6.07, 6.45) is 3.56. The summed E-state index contributed by atoms with van der Waals surface area (Å²) in [6, 6.07) is 14.7. The lowest BCUT2D eigenvalue weighted by atomic mass is 9.87. The standard InChI is InChI=1S/C27H35N3O2/c1-4-20-8-7-9-23-25(19-28-27(20)23)24(21-10-12-22(13-11-21)32-6-3)18-26(31)30-16-14-29(5-2)15-17-30/h7-13,19,24,28H,4-6,14-18H2,1-3H3. The van der Waals surface area contributed by atoms with Gasteiger partial charge in [-0.2, -0.15) is 0 Å². The molecule has 2 heterocycles. The molecule has 170 valence electrons. The summed E-state index contributed by atoms with van der Waals surface area (Å²) >= 11 is 0. The Morgan fingerprint density at radius 3 is 2.44 bits per heavy atom. The average molecular weight is 434 g/mol. The van der Waals surface area contributed by atoms with Crippen LogP contribution in [0, 0.1) is 0 Å². The molecular weight excluding hydrogens is 398 g/mol. The van der Waals surface area contributed by atoms with Crippen LogP contribution in [0.25, 0.3) is 10.9 Å². The van der Waals surface area contributed by atoms with Crippen LogP contribution in [0.15, 0.2) is 48.7 Å². The van der Waals surface area contributed by atoms with E-state index in [-0.39, 0.29) is 11.8 Å². The number of nitrogens with zero attached hydrogens (tertiary/aromatic N) is 2. The van der Waals surface area contributed by atoms with E-state index >= 15 is 0 Å². The first kappa shape index (κ1) is 22.4. The Hall–Kier alpha value is -2.79. The van der Waals surface area contributed by atoms with Crippen molar-refractivity contribution in [3.05, 3.63) is 65.4 Å². The maximum atomic E-state index is 13.4. The number of rotatable bonds is 8. The number of carbonyl (C=O) groups is 1. The van der Waals surface area contributed by atoms with Crippen molar-refractivity contribution in [2.75, 3.05) is 39.3 Å². The van der Waals surface area contributed by atoms with Crippen molar-refractivity contribution in [1.29, 1.82) is 0 Å². The quantitative estimate of drug-likeness (QED) is 0.554. The number of hydrogen-bond donors (Lipinski definition) is 1. The number of likely N-dealkylation sites (N-methyl/N-ethyl adjacent to an activating group) is 1. The summed E-state index contributed by atoms with van der Waals surface area (Å²) < 4.78 is 5.64. The Morgan fingerprint density at radius 2 is 1.78 bits per heavy atom. The molecule has 3 aromatic rings. The normalized spacial score (nSPS) is 15.8. The molecule has 0 radical (unpaired) electrons. The van der Waals surface area contributed by atoms with Crippen molar-refractivity contribution in [2.24, 2.45) is 0 Å². The van der Waals surface area contributed by atoms with Crippen molar-refractivity contribution in [2.45, 2.75) is 39.5 Å². The van der Waals surface area contributed by atoms with Gasteiger partial charge >= 0.3 is 0 Å². The first-order valence-electron chi connectivity index (χ1n) is 12.0. The fraction of sp³-hybridized carbons (Fsp3) is 0.444. The van der Waals surface area contributed by atoms with Gasteiger partial charge in [-0.05, 0) is 48.7 Å². The minimum Gasteiger partial charge on any atom is -0.494 e. The van der Waals surface area contributed by atoms with Gasteiger partial charge in [0.25, 0.3) is 0 Å². The second-order valence-corrected chi connectivity index (χ2v) is 8.51. The van der Waals surface area contributed by atoms with E-state index in [2.05, 4.69) is 60.3 Å². The number of amides is 1. The van der Waals surface area contributed by atoms with E-state index in [1.807, 2.05) is 24.0 Å². The van der Waals surface area contributed by atoms with Crippen LogP contribution >= 0.6 is 0 Å². The third kappa shape index (κ3) is 4.68. The third-order valence-electron chi connectivity index (χ3n) is 6.73. The number of carbonyl (C=O) groups excluding carboxylic acids is 1. The number of H-pyrrole nitrogens is 1. The molecule has 1 amide bonds. The molecule has 0 spiro atoms. The van der Waals surface area contributed by atoms with Crippen LogP contribution in [-0.2, 0) is 11.2 Å². The Balaban J connectivity index is 1.65. The minimum absolute atomic E-state index is 0.00300. The highest BCUT2D eigenvalue weighted by atomic mass is 16.5. The lowest BCUT2D eigenvalue weighted by Crippen LogP contribution is -2.48. The van der Waals surface area contributed by atoms with Crippen molar-refractivity contribution < 1.29 is 9.53 Å². The molecule has 4 rings (SSSR count). The van der Waals surface area contributed by atoms with Crippen molar-refractivity contribution in [3.8, 4) is 5.75 Å². The zero-order valence-corrected chi connectivity index (χ0v) is 19.6. The van der Waals surface area contributed by atoms with Crippen LogP contribution in [0.5, 0.6) is 5.75 Å².